The fraction of sp³-hybridized carbons (Fsp3) is 0.831. The van der Waals surface area contributed by atoms with Crippen LogP contribution >= 0.6 is 0 Å². The molecule has 1 atom stereocenters. The van der Waals surface area contributed by atoms with Crippen molar-refractivity contribution in [3.05, 3.63) is 60.8 Å². The van der Waals surface area contributed by atoms with Gasteiger partial charge in [0.15, 0.2) is 6.10 Å². The van der Waals surface area contributed by atoms with E-state index in [0.717, 1.165) is 89.9 Å². The summed E-state index contributed by atoms with van der Waals surface area (Å²) in [5.41, 5.74) is 0. The minimum Gasteiger partial charge on any atom is -0.462 e. The van der Waals surface area contributed by atoms with Crippen molar-refractivity contribution in [1.82, 2.24) is 0 Å². The van der Waals surface area contributed by atoms with Gasteiger partial charge in [0, 0.05) is 19.3 Å². The minimum absolute atomic E-state index is 0.0786. The van der Waals surface area contributed by atoms with Crippen LogP contribution in [0.15, 0.2) is 60.8 Å². The van der Waals surface area contributed by atoms with Crippen LogP contribution in [0.25, 0.3) is 0 Å². The molecule has 0 saturated carbocycles. The summed E-state index contributed by atoms with van der Waals surface area (Å²) in [6.45, 7) is 6.63. The van der Waals surface area contributed by atoms with Gasteiger partial charge in [-0.3, -0.25) is 14.4 Å². The lowest BCUT2D eigenvalue weighted by molar-refractivity contribution is -0.167. The van der Waals surface area contributed by atoms with Crippen LogP contribution in [0.3, 0.4) is 0 Å². The van der Waals surface area contributed by atoms with Crippen LogP contribution in [-0.2, 0) is 28.6 Å². The number of carbonyl (C=O) groups is 3. The Morgan fingerprint density at radius 2 is 0.434 bits per heavy atom. The fourth-order valence-electron chi connectivity index (χ4n) is 10.9. The molecule has 484 valence electrons. The lowest BCUT2D eigenvalue weighted by Crippen LogP contribution is -2.30. The van der Waals surface area contributed by atoms with Gasteiger partial charge in [-0.15, -0.1) is 0 Å². The van der Waals surface area contributed by atoms with Crippen LogP contribution in [0.2, 0.25) is 0 Å². The Morgan fingerprint density at radius 1 is 0.241 bits per heavy atom. The maximum Gasteiger partial charge on any atom is 0.306 e. The first-order chi connectivity index (χ1) is 41.0. The fourth-order valence-corrected chi connectivity index (χ4v) is 10.9. The number of rotatable bonds is 68. The predicted molar refractivity (Wildman–Crippen MR) is 362 cm³/mol. The Kier molecular flexibility index (Phi) is 69.1. The van der Waals surface area contributed by atoms with Crippen molar-refractivity contribution in [3.8, 4) is 0 Å². The highest BCUT2D eigenvalue weighted by atomic mass is 16.6. The van der Waals surface area contributed by atoms with E-state index in [-0.39, 0.29) is 31.1 Å². The van der Waals surface area contributed by atoms with E-state index in [1.807, 2.05) is 0 Å². The first-order valence-electron chi connectivity index (χ1n) is 36.8. The summed E-state index contributed by atoms with van der Waals surface area (Å²) in [4.78, 5) is 38.4. The van der Waals surface area contributed by atoms with Crippen LogP contribution < -0.4 is 0 Å². The average molecular weight is 1160 g/mol. The molecule has 83 heavy (non-hydrogen) atoms. The number of unbranched alkanes of at least 4 members (excludes halogenated alkanes) is 47. The lowest BCUT2D eigenvalue weighted by Gasteiger charge is -2.18. The zero-order chi connectivity index (χ0) is 59.9. The van der Waals surface area contributed by atoms with Crippen LogP contribution in [0.5, 0.6) is 0 Å². The molecule has 0 radical (unpaired) electrons. The van der Waals surface area contributed by atoms with Crippen molar-refractivity contribution in [1.29, 1.82) is 0 Å². The summed E-state index contributed by atoms with van der Waals surface area (Å²) in [5, 5.41) is 0. The summed E-state index contributed by atoms with van der Waals surface area (Å²) in [6.07, 6.45) is 92.7. The van der Waals surface area contributed by atoms with Gasteiger partial charge in [-0.1, -0.05) is 326 Å². The van der Waals surface area contributed by atoms with Crippen LogP contribution in [0, 0.1) is 0 Å². The standard InChI is InChI=1S/C77H140O6/c1-4-7-10-13-16-19-22-25-28-30-31-32-33-34-35-36-37-38-39-40-41-42-43-44-45-47-49-52-55-58-61-64-67-70-76(79)82-73-74(72-81-75(78)69-66-63-60-57-54-51-48-27-24-21-18-15-12-9-6-3)83-77(80)71-68-65-62-59-56-53-50-46-29-26-23-20-17-14-11-8-5-2/h17-18,20-21,26-27,29-31,48,74H,4-16,19,22-25,28,32-47,49-73H2,1-3H3/b20-17-,21-18-,29-26-,31-30-,48-27-. The summed E-state index contributed by atoms with van der Waals surface area (Å²) in [6, 6.07) is 0. The van der Waals surface area contributed by atoms with E-state index in [1.54, 1.807) is 0 Å². The minimum atomic E-state index is -0.785. The Balaban J connectivity index is 4.16. The Morgan fingerprint density at radius 3 is 0.699 bits per heavy atom. The van der Waals surface area contributed by atoms with Gasteiger partial charge < -0.3 is 14.2 Å². The molecule has 0 aromatic heterocycles. The van der Waals surface area contributed by atoms with E-state index < -0.39 is 6.10 Å². The molecule has 0 bridgehead atoms. The molecular formula is C77H140O6. The third kappa shape index (κ3) is 69.8. The maximum absolute atomic E-state index is 12.9. The number of hydrogen-bond donors (Lipinski definition) is 0. The second-order valence-corrected chi connectivity index (χ2v) is 24.8. The highest BCUT2D eigenvalue weighted by Crippen LogP contribution is 2.18. The monoisotopic (exact) mass is 1160 g/mol. The summed E-state index contributed by atoms with van der Waals surface area (Å²) in [5.74, 6) is -0.878. The number of allylic oxidation sites excluding steroid dienone is 10. The summed E-state index contributed by atoms with van der Waals surface area (Å²) >= 11 is 0. The van der Waals surface area contributed by atoms with Gasteiger partial charge in [0.2, 0.25) is 0 Å². The van der Waals surface area contributed by atoms with Crippen molar-refractivity contribution in [2.75, 3.05) is 13.2 Å². The van der Waals surface area contributed by atoms with Gasteiger partial charge in [-0.05, 0) is 109 Å². The van der Waals surface area contributed by atoms with Gasteiger partial charge in [0.05, 0.1) is 0 Å². The van der Waals surface area contributed by atoms with E-state index >= 15 is 0 Å². The largest absolute Gasteiger partial charge is 0.462 e. The first-order valence-corrected chi connectivity index (χ1v) is 36.8. The van der Waals surface area contributed by atoms with Gasteiger partial charge >= 0.3 is 17.9 Å². The Labute approximate surface area is 517 Å². The van der Waals surface area contributed by atoms with Crippen LogP contribution in [-0.4, -0.2) is 37.2 Å². The van der Waals surface area contributed by atoms with Crippen LogP contribution in [0.4, 0.5) is 0 Å². The third-order valence-corrected chi connectivity index (χ3v) is 16.5. The average Bonchev–Trinajstić information content (AvgIpc) is 3.49. The van der Waals surface area contributed by atoms with E-state index in [1.165, 1.54) is 263 Å². The molecule has 0 saturated heterocycles. The lowest BCUT2D eigenvalue weighted by atomic mass is 10.0. The Hall–Kier alpha value is -2.89. The molecule has 0 spiro atoms. The third-order valence-electron chi connectivity index (χ3n) is 16.5. The van der Waals surface area contributed by atoms with Crippen molar-refractivity contribution >= 4 is 17.9 Å². The molecule has 0 rings (SSSR count). The van der Waals surface area contributed by atoms with E-state index in [0.29, 0.717) is 19.3 Å². The van der Waals surface area contributed by atoms with Crippen molar-refractivity contribution in [3.63, 3.8) is 0 Å². The molecule has 0 aromatic rings. The first kappa shape index (κ1) is 80.1. The molecule has 0 heterocycles. The summed E-state index contributed by atoms with van der Waals surface area (Å²) in [7, 11) is 0. The number of esters is 3. The number of ether oxygens (including phenoxy) is 3. The van der Waals surface area contributed by atoms with E-state index in [4.69, 9.17) is 14.2 Å². The SMILES string of the molecule is CCCCC/C=C\C/C=C\CCCCCCCCCC(=O)OC(COC(=O)CCCCCCC/C=C\C/C=C\CCCCC)COC(=O)CCCCCCCCCCCCCCCCCCCCCCC/C=C\CCCCCCCCCC. The molecule has 6 heteroatoms. The van der Waals surface area contributed by atoms with Gasteiger partial charge in [-0.2, -0.15) is 0 Å². The number of hydrogen-bond acceptors (Lipinski definition) is 6. The molecule has 0 aliphatic heterocycles. The van der Waals surface area contributed by atoms with Crippen molar-refractivity contribution in [2.45, 2.75) is 399 Å². The van der Waals surface area contributed by atoms with Crippen molar-refractivity contribution in [2.24, 2.45) is 0 Å². The smallest absolute Gasteiger partial charge is 0.306 e. The topological polar surface area (TPSA) is 78.9 Å². The molecule has 6 nitrogen and oxygen atoms in total. The highest BCUT2D eigenvalue weighted by Gasteiger charge is 2.19. The normalized spacial score (nSPS) is 12.4. The molecule has 1 unspecified atom stereocenters. The molecule has 0 aliphatic rings. The predicted octanol–water partition coefficient (Wildman–Crippen LogP) is 25.5. The molecular weight excluding hydrogens is 1020 g/mol. The van der Waals surface area contributed by atoms with Gasteiger partial charge in [-0.25, -0.2) is 0 Å². The maximum atomic E-state index is 12.9. The molecule has 0 aromatic carbocycles. The highest BCUT2D eigenvalue weighted by molar-refractivity contribution is 5.71. The molecule has 0 fully saturated rings. The second kappa shape index (κ2) is 71.6. The van der Waals surface area contributed by atoms with Gasteiger partial charge in [0.25, 0.3) is 0 Å². The molecule has 0 N–H and O–H groups in total. The molecule has 0 amide bonds. The summed E-state index contributed by atoms with van der Waals surface area (Å²) < 4.78 is 17.0. The second-order valence-electron chi connectivity index (χ2n) is 24.8. The molecule has 0 aliphatic carbocycles. The number of carbonyl (C=O) groups excluding carboxylic acids is 3. The zero-order valence-corrected chi connectivity index (χ0v) is 55.7. The Bertz CT molecular complexity index is 1470. The van der Waals surface area contributed by atoms with E-state index in [9.17, 15) is 14.4 Å². The zero-order valence-electron chi connectivity index (χ0n) is 55.7. The van der Waals surface area contributed by atoms with Gasteiger partial charge in [0.1, 0.15) is 13.2 Å². The van der Waals surface area contributed by atoms with Crippen molar-refractivity contribution < 1.29 is 28.6 Å². The van der Waals surface area contributed by atoms with Crippen LogP contribution in [0.1, 0.15) is 393 Å². The quantitative estimate of drug-likeness (QED) is 0.0261. The van der Waals surface area contributed by atoms with E-state index in [2.05, 4.69) is 81.5 Å².